The highest BCUT2D eigenvalue weighted by Crippen LogP contribution is 2.22. The lowest BCUT2D eigenvalue weighted by Crippen LogP contribution is -2.52. The molecule has 1 aliphatic rings. The molecule has 1 aromatic rings. The first-order valence-electron chi connectivity index (χ1n) is 7.60. The van der Waals surface area contributed by atoms with Crippen molar-refractivity contribution < 1.29 is 9.53 Å². The molecule has 5 heteroatoms. The molecule has 1 fully saturated rings. The molecule has 1 aliphatic heterocycles. The van der Waals surface area contributed by atoms with Gasteiger partial charge in [-0.2, -0.15) is 0 Å². The fourth-order valence-electron chi connectivity index (χ4n) is 2.64. The lowest BCUT2D eigenvalue weighted by molar-refractivity contribution is 0.177. The van der Waals surface area contributed by atoms with Crippen molar-refractivity contribution >= 4 is 11.7 Å². The van der Waals surface area contributed by atoms with Crippen molar-refractivity contribution in [1.29, 1.82) is 0 Å². The summed E-state index contributed by atoms with van der Waals surface area (Å²) in [6.07, 6.45) is 1.04. The molecule has 0 radical (unpaired) electrons. The summed E-state index contributed by atoms with van der Waals surface area (Å²) in [7, 11) is 1.64. The zero-order valence-corrected chi connectivity index (χ0v) is 13.0. The standard InChI is InChI=1S/C16H25N3O2/c1-3-14-6-4-5-7-15(14)18-9-11-19(12-10-18)16(20)17-8-13-21-2/h4-7H,3,8-13H2,1-2H3,(H,17,20). The number of urea groups is 1. The highest BCUT2D eigenvalue weighted by molar-refractivity contribution is 5.74. The van der Waals surface area contributed by atoms with Crippen LogP contribution in [0.3, 0.4) is 0 Å². The van der Waals surface area contributed by atoms with E-state index in [4.69, 9.17) is 4.74 Å². The third-order valence-electron chi connectivity index (χ3n) is 3.86. The zero-order chi connectivity index (χ0) is 15.1. The highest BCUT2D eigenvalue weighted by atomic mass is 16.5. The second kappa shape index (κ2) is 7.88. The van der Waals surface area contributed by atoms with Gasteiger partial charge in [-0.25, -0.2) is 4.79 Å². The summed E-state index contributed by atoms with van der Waals surface area (Å²) < 4.78 is 4.94. The van der Waals surface area contributed by atoms with E-state index in [-0.39, 0.29) is 6.03 Å². The Kier molecular flexibility index (Phi) is 5.87. The van der Waals surface area contributed by atoms with Crippen LogP contribution in [0.15, 0.2) is 24.3 Å². The molecule has 0 aromatic heterocycles. The summed E-state index contributed by atoms with van der Waals surface area (Å²) >= 11 is 0. The van der Waals surface area contributed by atoms with Crippen LogP contribution in [0.2, 0.25) is 0 Å². The molecule has 2 rings (SSSR count). The van der Waals surface area contributed by atoms with E-state index in [1.165, 1.54) is 11.3 Å². The smallest absolute Gasteiger partial charge is 0.317 e. The zero-order valence-electron chi connectivity index (χ0n) is 13.0. The summed E-state index contributed by atoms with van der Waals surface area (Å²) in [5.74, 6) is 0. The molecule has 0 spiro atoms. The first-order chi connectivity index (χ1) is 10.3. The minimum absolute atomic E-state index is 0.00970. The van der Waals surface area contributed by atoms with E-state index in [1.54, 1.807) is 7.11 Å². The third kappa shape index (κ3) is 4.11. The van der Waals surface area contributed by atoms with E-state index < -0.39 is 0 Å². The van der Waals surface area contributed by atoms with Gasteiger partial charge in [-0.3, -0.25) is 0 Å². The van der Waals surface area contributed by atoms with Gasteiger partial charge in [0, 0.05) is 45.5 Å². The number of hydrogen-bond donors (Lipinski definition) is 1. The fraction of sp³-hybridized carbons (Fsp3) is 0.562. The predicted molar refractivity (Wildman–Crippen MR) is 84.9 cm³/mol. The molecule has 1 N–H and O–H groups in total. The molecule has 5 nitrogen and oxygen atoms in total. The average molecular weight is 291 g/mol. The number of methoxy groups -OCH3 is 1. The van der Waals surface area contributed by atoms with E-state index >= 15 is 0 Å². The lowest BCUT2D eigenvalue weighted by atomic mass is 10.1. The molecule has 2 amide bonds. The second-order valence-electron chi connectivity index (χ2n) is 5.18. The Morgan fingerprint density at radius 3 is 2.62 bits per heavy atom. The molecule has 0 bridgehead atoms. The average Bonchev–Trinajstić information content (AvgIpc) is 2.55. The molecule has 0 unspecified atom stereocenters. The number of aryl methyl sites for hydroxylation is 1. The summed E-state index contributed by atoms with van der Waals surface area (Å²) in [4.78, 5) is 16.2. The van der Waals surface area contributed by atoms with Gasteiger partial charge in [0.25, 0.3) is 0 Å². The van der Waals surface area contributed by atoms with E-state index in [1.807, 2.05) is 4.90 Å². The number of rotatable bonds is 5. The first kappa shape index (κ1) is 15.6. The molecule has 0 aliphatic carbocycles. The normalized spacial score (nSPS) is 15.1. The third-order valence-corrected chi connectivity index (χ3v) is 3.86. The fourth-order valence-corrected chi connectivity index (χ4v) is 2.64. The van der Waals surface area contributed by atoms with Crippen molar-refractivity contribution in [2.75, 3.05) is 51.3 Å². The maximum atomic E-state index is 12.0. The van der Waals surface area contributed by atoms with E-state index in [9.17, 15) is 4.79 Å². The van der Waals surface area contributed by atoms with Crippen LogP contribution in [-0.2, 0) is 11.2 Å². The Morgan fingerprint density at radius 2 is 1.95 bits per heavy atom. The Balaban J connectivity index is 1.87. The number of hydrogen-bond acceptors (Lipinski definition) is 3. The van der Waals surface area contributed by atoms with Crippen molar-refractivity contribution in [2.45, 2.75) is 13.3 Å². The van der Waals surface area contributed by atoms with Gasteiger partial charge < -0.3 is 19.9 Å². The van der Waals surface area contributed by atoms with Crippen LogP contribution in [0.5, 0.6) is 0 Å². The van der Waals surface area contributed by atoms with E-state index in [0.717, 1.165) is 32.6 Å². The molecule has 0 saturated carbocycles. The molecule has 0 atom stereocenters. The predicted octanol–water partition coefficient (Wildman–Crippen LogP) is 1.73. The molecule has 1 aromatic carbocycles. The van der Waals surface area contributed by atoms with Gasteiger partial charge in [-0.05, 0) is 18.1 Å². The minimum Gasteiger partial charge on any atom is -0.383 e. The van der Waals surface area contributed by atoms with Crippen LogP contribution in [-0.4, -0.2) is 57.4 Å². The molecule has 1 saturated heterocycles. The second-order valence-corrected chi connectivity index (χ2v) is 5.18. The van der Waals surface area contributed by atoms with Gasteiger partial charge in [-0.1, -0.05) is 25.1 Å². The summed E-state index contributed by atoms with van der Waals surface area (Å²) in [5.41, 5.74) is 2.68. The number of piperazine rings is 1. The van der Waals surface area contributed by atoms with Gasteiger partial charge in [0.1, 0.15) is 0 Å². The Labute approximate surface area is 126 Å². The first-order valence-corrected chi connectivity index (χ1v) is 7.60. The van der Waals surface area contributed by atoms with Gasteiger partial charge in [-0.15, -0.1) is 0 Å². The van der Waals surface area contributed by atoms with Crippen LogP contribution in [0.25, 0.3) is 0 Å². The Morgan fingerprint density at radius 1 is 1.24 bits per heavy atom. The molecule has 1 heterocycles. The van der Waals surface area contributed by atoms with Crippen LogP contribution < -0.4 is 10.2 Å². The van der Waals surface area contributed by atoms with Gasteiger partial charge in [0.15, 0.2) is 0 Å². The highest BCUT2D eigenvalue weighted by Gasteiger charge is 2.21. The minimum atomic E-state index is 0.00970. The molecular formula is C16H25N3O2. The van der Waals surface area contributed by atoms with Gasteiger partial charge in [0.2, 0.25) is 0 Å². The van der Waals surface area contributed by atoms with Gasteiger partial charge in [0.05, 0.1) is 6.61 Å². The Bertz CT molecular complexity index is 457. The number of ether oxygens (including phenoxy) is 1. The lowest BCUT2D eigenvalue weighted by Gasteiger charge is -2.37. The largest absolute Gasteiger partial charge is 0.383 e. The SMILES string of the molecule is CCc1ccccc1N1CCN(C(=O)NCCOC)CC1. The van der Waals surface area contributed by atoms with Crippen molar-refractivity contribution in [3.8, 4) is 0 Å². The van der Waals surface area contributed by atoms with Crippen molar-refractivity contribution in [3.63, 3.8) is 0 Å². The maximum absolute atomic E-state index is 12.0. The van der Waals surface area contributed by atoms with Crippen LogP contribution in [0, 0.1) is 0 Å². The molecular weight excluding hydrogens is 266 g/mol. The van der Waals surface area contributed by atoms with E-state index in [0.29, 0.717) is 13.2 Å². The van der Waals surface area contributed by atoms with Crippen molar-refractivity contribution in [1.82, 2.24) is 10.2 Å². The number of benzene rings is 1. The summed E-state index contributed by atoms with van der Waals surface area (Å²) in [5, 5.41) is 2.87. The number of anilines is 1. The molecule has 116 valence electrons. The molecule has 21 heavy (non-hydrogen) atoms. The van der Waals surface area contributed by atoms with Crippen LogP contribution in [0.4, 0.5) is 10.5 Å². The number of amides is 2. The quantitative estimate of drug-likeness (QED) is 0.840. The van der Waals surface area contributed by atoms with Crippen LogP contribution in [0.1, 0.15) is 12.5 Å². The number of carbonyl (C=O) groups excluding carboxylic acids is 1. The topological polar surface area (TPSA) is 44.8 Å². The monoisotopic (exact) mass is 291 g/mol. The number of para-hydroxylation sites is 1. The number of nitrogens with zero attached hydrogens (tertiary/aromatic N) is 2. The van der Waals surface area contributed by atoms with Gasteiger partial charge >= 0.3 is 6.03 Å². The van der Waals surface area contributed by atoms with E-state index in [2.05, 4.69) is 41.4 Å². The van der Waals surface area contributed by atoms with Crippen molar-refractivity contribution in [3.05, 3.63) is 29.8 Å². The maximum Gasteiger partial charge on any atom is 0.317 e. The number of nitrogens with one attached hydrogen (secondary N) is 1. The number of carbonyl (C=O) groups is 1. The van der Waals surface area contributed by atoms with Crippen LogP contribution >= 0.6 is 0 Å². The Hall–Kier alpha value is -1.75. The summed E-state index contributed by atoms with van der Waals surface area (Å²) in [6.45, 7) is 6.58. The van der Waals surface area contributed by atoms with Crippen molar-refractivity contribution in [2.24, 2.45) is 0 Å². The summed E-state index contributed by atoms with van der Waals surface area (Å²) in [6, 6.07) is 8.53.